The summed E-state index contributed by atoms with van der Waals surface area (Å²) in [7, 11) is 9.72. The minimum Gasteiger partial charge on any atom is -0.457 e. The van der Waals surface area contributed by atoms with Gasteiger partial charge in [0.2, 0.25) is 24.5 Å². The third kappa shape index (κ3) is 29.0. The van der Waals surface area contributed by atoms with Gasteiger partial charge in [-0.3, -0.25) is 38.7 Å². The number of hydrogen-bond donors (Lipinski definition) is 0. The number of hydrogen-bond acceptors (Lipinski definition) is 14. The van der Waals surface area contributed by atoms with E-state index in [0.29, 0.717) is 71.7 Å². The lowest BCUT2D eigenvalue weighted by atomic mass is 10.0. The van der Waals surface area contributed by atoms with Crippen molar-refractivity contribution in [1.29, 1.82) is 0 Å². The molecule has 6 heterocycles. The van der Waals surface area contributed by atoms with E-state index < -0.39 is 0 Å². The lowest BCUT2D eigenvalue weighted by Crippen LogP contribution is -2.50. The maximum Gasteiger partial charge on any atom is 0.254 e. The molecular weight excluding hydrogens is 1620 g/mol. The van der Waals surface area contributed by atoms with Gasteiger partial charge in [-0.15, -0.1) is 0 Å². The van der Waals surface area contributed by atoms with Gasteiger partial charge in [0.1, 0.15) is 23.0 Å². The van der Waals surface area contributed by atoms with Crippen molar-refractivity contribution in [3.05, 3.63) is 270 Å². The first-order valence-electron chi connectivity index (χ1n) is 48.0. The summed E-state index contributed by atoms with van der Waals surface area (Å²) in [5.41, 5.74) is 9.28. The molecule has 0 spiro atoms. The zero-order valence-electron chi connectivity index (χ0n) is 79.1. The van der Waals surface area contributed by atoms with E-state index in [1.165, 1.54) is 93.4 Å². The smallest absolute Gasteiger partial charge is 0.254 e. The van der Waals surface area contributed by atoms with Crippen LogP contribution in [0.1, 0.15) is 169 Å². The topological polar surface area (TPSA) is 155 Å². The average molecular weight is 1760 g/mol. The minimum atomic E-state index is 0.0447. The third-order valence-corrected chi connectivity index (χ3v) is 27.1. The molecule has 8 aliphatic rings. The SMILES string of the molecule is CC(C)N1CCCC(N(C)C(=O)C=Cc2ccc3c(c2)OCO3)C1.CC(C)N1CCCC(N(C)C(=O)Cc2ccc(-c3ccccc3)cc2)C1.CC(C)N1CCCC(N(C)C(=O)c2cccc(Oc3ccccc3)c2)C1.CN(C(=O)Cc1ccc(-c2ccccc2)cc1)C1CCCN(CC2CC2)C1.CN(C(=O)c1cccc(Oc2ccccc2)c1)C1CCCN(CC2CC2)C1. The molecule has 0 radical (unpaired) electrons. The Labute approximate surface area is 775 Å². The summed E-state index contributed by atoms with van der Waals surface area (Å²) in [5.74, 6) is 6.86. The fourth-order valence-electron chi connectivity index (χ4n) is 18.4. The predicted octanol–water partition coefficient (Wildman–Crippen LogP) is 20.1. The zero-order chi connectivity index (χ0) is 91.4. The van der Waals surface area contributed by atoms with Gasteiger partial charge in [0.25, 0.3) is 11.8 Å². The van der Waals surface area contributed by atoms with E-state index in [1.807, 2.05) is 217 Å². The van der Waals surface area contributed by atoms with Gasteiger partial charge in [-0.05, 0) is 294 Å². The molecule has 9 aromatic rings. The van der Waals surface area contributed by atoms with E-state index >= 15 is 0 Å². The average Bonchev–Trinajstić information content (AvgIpc) is 1.53. The van der Waals surface area contributed by atoms with Crippen LogP contribution in [0.5, 0.6) is 34.5 Å². The molecule has 0 bridgehead atoms. The molecule has 5 saturated heterocycles. The largest absolute Gasteiger partial charge is 0.457 e. The van der Waals surface area contributed by atoms with E-state index in [1.54, 1.807) is 6.08 Å². The number of carbonyl (C=O) groups excluding carboxylic acids is 5. The van der Waals surface area contributed by atoms with E-state index in [9.17, 15) is 24.0 Å². The summed E-state index contributed by atoms with van der Waals surface area (Å²) in [4.78, 5) is 86.2. The Hall–Kier alpha value is -10.9. The fraction of sp³-hybridized carbons (Fsp3) is 0.450. The Kier molecular flexibility index (Phi) is 35.9. The second-order valence-electron chi connectivity index (χ2n) is 37.8. The molecule has 6 aliphatic heterocycles. The maximum atomic E-state index is 13.0. The Morgan fingerprint density at radius 2 is 0.700 bits per heavy atom. The first kappa shape index (κ1) is 96.6. The molecule has 690 valence electrons. The lowest BCUT2D eigenvalue weighted by molar-refractivity contribution is -0.133. The zero-order valence-corrected chi connectivity index (χ0v) is 79.1. The lowest BCUT2D eigenvalue weighted by Gasteiger charge is -2.39. The van der Waals surface area contributed by atoms with Crippen molar-refractivity contribution in [2.75, 3.05) is 121 Å². The normalized spacial score (nSPS) is 19.5. The maximum absolute atomic E-state index is 13.0. The second-order valence-corrected chi connectivity index (χ2v) is 37.8. The van der Waals surface area contributed by atoms with Crippen LogP contribution in [0, 0.1) is 11.8 Å². The van der Waals surface area contributed by atoms with E-state index in [-0.39, 0.29) is 48.4 Å². The van der Waals surface area contributed by atoms with Gasteiger partial charge < -0.3 is 53.2 Å². The summed E-state index contributed by atoms with van der Waals surface area (Å²) in [6.45, 7) is 26.8. The van der Waals surface area contributed by atoms with Gasteiger partial charge in [-0.25, -0.2) is 0 Å². The molecule has 9 aromatic carbocycles. The highest BCUT2D eigenvalue weighted by Gasteiger charge is 2.35. The summed E-state index contributed by atoms with van der Waals surface area (Å²) in [6, 6.07) is 80.6. The van der Waals surface area contributed by atoms with Crippen molar-refractivity contribution in [2.24, 2.45) is 11.8 Å². The number of amides is 5. The predicted molar refractivity (Wildman–Crippen MR) is 525 cm³/mol. The number of fused-ring (bicyclic) bond motifs is 1. The Morgan fingerprint density at radius 1 is 0.354 bits per heavy atom. The number of rotatable bonds is 26. The number of para-hydroxylation sites is 2. The molecule has 0 aromatic heterocycles. The first-order chi connectivity index (χ1) is 63.0. The van der Waals surface area contributed by atoms with Crippen LogP contribution < -0.4 is 18.9 Å². The van der Waals surface area contributed by atoms with Gasteiger partial charge in [0.05, 0.1) is 12.8 Å². The van der Waals surface area contributed by atoms with Crippen molar-refractivity contribution < 1.29 is 42.9 Å². The summed E-state index contributed by atoms with van der Waals surface area (Å²) >= 11 is 0. The van der Waals surface area contributed by atoms with Crippen LogP contribution >= 0.6 is 0 Å². The molecule has 0 N–H and O–H groups in total. The van der Waals surface area contributed by atoms with Crippen molar-refractivity contribution in [1.82, 2.24) is 49.0 Å². The number of carbonyl (C=O) groups is 5. The van der Waals surface area contributed by atoms with E-state index in [0.717, 1.165) is 149 Å². The Balaban J connectivity index is 0.000000139. The fourth-order valence-corrected chi connectivity index (χ4v) is 18.4. The van der Waals surface area contributed by atoms with Crippen LogP contribution in [-0.4, -0.2) is 247 Å². The Bertz CT molecular complexity index is 5050. The first-order valence-corrected chi connectivity index (χ1v) is 48.0. The molecule has 5 amide bonds. The van der Waals surface area contributed by atoms with Gasteiger partial charge in [0, 0.05) is 147 Å². The van der Waals surface area contributed by atoms with Crippen LogP contribution in [0.4, 0.5) is 0 Å². The molecule has 19 nitrogen and oxygen atoms in total. The van der Waals surface area contributed by atoms with Gasteiger partial charge in [-0.1, -0.05) is 164 Å². The third-order valence-electron chi connectivity index (χ3n) is 27.1. The van der Waals surface area contributed by atoms with Crippen LogP contribution in [-0.2, 0) is 27.2 Å². The molecular formula is C111H142N10O9. The number of benzene rings is 9. The van der Waals surface area contributed by atoms with E-state index in [4.69, 9.17) is 18.9 Å². The number of likely N-dealkylation sites (N-methyl/N-ethyl adjacent to an activating group) is 5. The molecule has 19 heteroatoms. The van der Waals surface area contributed by atoms with Crippen molar-refractivity contribution >= 4 is 35.6 Å². The van der Waals surface area contributed by atoms with Gasteiger partial charge in [-0.2, -0.15) is 0 Å². The Morgan fingerprint density at radius 3 is 1.10 bits per heavy atom. The quantitative estimate of drug-likeness (QED) is 0.0472. The van der Waals surface area contributed by atoms with Crippen LogP contribution in [0.15, 0.2) is 243 Å². The van der Waals surface area contributed by atoms with Gasteiger partial charge >= 0.3 is 0 Å². The molecule has 130 heavy (non-hydrogen) atoms. The standard InChI is InChI=1S/C24H30N2O.C23H28N2O2.C23H30N2O.C22H28N2O2.C19H26N2O3/c1-25(23-8-5-15-26(18-23)17-20-9-10-20)24(27)16-19-11-13-22(14-12-19)21-6-3-2-4-7-21;1-24(20-8-6-14-25(17-20)16-18-12-13-18)23(26)19-7-5-11-22(15-19)27-21-9-3-2-4-10-21;1-18(2)25-15-7-10-22(17-25)24(3)23(26)16-19-11-13-21(14-12-19)20-8-5-4-6-9-20;1-17(2)24-14-8-10-19(16-24)23(3)22(25)18-9-7-13-21(15-18)26-20-11-5-4-6-12-20;1-14(2)21-10-4-5-16(12-21)20(3)19(22)9-7-15-6-8-17-18(11-15)24-13-23-17/h2-4,6-7,11-14,20,23H,5,8-10,15-18H2,1H3;2-5,7,9-11,15,18,20H,6,8,12-14,16-17H2,1H3;4-6,8-9,11-14,18,22H,7,10,15-17H2,1-3H3;4-7,9,11-13,15,17,19H,8,10,14,16H2,1-3H3;6-9,11,14,16H,4-5,10,12-13H2,1-3H3. The van der Waals surface area contributed by atoms with Crippen LogP contribution in [0.3, 0.4) is 0 Å². The van der Waals surface area contributed by atoms with Crippen molar-refractivity contribution in [3.8, 4) is 56.8 Å². The van der Waals surface area contributed by atoms with Crippen molar-refractivity contribution in [2.45, 2.75) is 193 Å². The minimum absolute atomic E-state index is 0.0447. The monoisotopic (exact) mass is 1760 g/mol. The van der Waals surface area contributed by atoms with Crippen LogP contribution in [0.2, 0.25) is 0 Å². The van der Waals surface area contributed by atoms with E-state index in [2.05, 4.69) is 151 Å². The highest BCUT2D eigenvalue weighted by molar-refractivity contribution is 5.95. The summed E-state index contributed by atoms with van der Waals surface area (Å²) in [6.07, 6.45) is 21.3. The molecule has 2 aliphatic carbocycles. The van der Waals surface area contributed by atoms with Crippen LogP contribution in [0.25, 0.3) is 28.3 Å². The van der Waals surface area contributed by atoms with Gasteiger partial charge in [0.15, 0.2) is 11.5 Å². The number of piperidine rings is 5. The molecule has 7 fully saturated rings. The number of nitrogens with zero attached hydrogens (tertiary/aromatic N) is 10. The molecule has 17 rings (SSSR count). The molecule has 5 atom stereocenters. The molecule has 5 unspecified atom stereocenters. The highest BCUT2D eigenvalue weighted by Crippen LogP contribution is 2.36. The summed E-state index contributed by atoms with van der Waals surface area (Å²) < 4.78 is 22.4. The number of likely N-dealkylation sites (tertiary alicyclic amines) is 5. The molecule has 2 saturated carbocycles. The highest BCUT2D eigenvalue weighted by atomic mass is 16.7. The summed E-state index contributed by atoms with van der Waals surface area (Å²) in [5, 5.41) is 0. The number of ether oxygens (including phenoxy) is 4. The van der Waals surface area contributed by atoms with Crippen molar-refractivity contribution in [3.63, 3.8) is 0 Å². The second kappa shape index (κ2) is 48.3.